The summed E-state index contributed by atoms with van der Waals surface area (Å²) in [6, 6.07) is 12.4. The van der Waals surface area contributed by atoms with E-state index < -0.39 is 22.0 Å². The maximum absolute atomic E-state index is 13.0. The topological polar surface area (TPSA) is 99.5 Å². The molecule has 9 heteroatoms. The van der Waals surface area contributed by atoms with E-state index in [-0.39, 0.29) is 24.3 Å². The van der Waals surface area contributed by atoms with E-state index in [2.05, 4.69) is 11.4 Å². The normalized spacial score (nSPS) is 12.0. The zero-order valence-electron chi connectivity index (χ0n) is 16.3. The van der Waals surface area contributed by atoms with Gasteiger partial charge in [0.2, 0.25) is 15.9 Å². The van der Waals surface area contributed by atoms with E-state index in [1.165, 1.54) is 13.2 Å². The predicted molar refractivity (Wildman–Crippen MR) is 114 cm³/mol. The van der Waals surface area contributed by atoms with Gasteiger partial charge in [0.1, 0.15) is 11.8 Å². The maximum atomic E-state index is 13.0. The number of amides is 1. The summed E-state index contributed by atoms with van der Waals surface area (Å²) in [5.41, 5.74) is 1.51. The molecule has 1 amide bonds. The van der Waals surface area contributed by atoms with Crippen LogP contribution in [-0.2, 0) is 21.2 Å². The van der Waals surface area contributed by atoms with E-state index in [4.69, 9.17) is 21.6 Å². The van der Waals surface area contributed by atoms with Crippen molar-refractivity contribution in [1.82, 2.24) is 0 Å². The lowest BCUT2D eigenvalue weighted by atomic mass is 10.1. The number of ether oxygens (including phenoxy) is 1. The number of nitrogens with one attached hydrogen (secondary N) is 1. The summed E-state index contributed by atoms with van der Waals surface area (Å²) in [7, 11) is -2.42. The summed E-state index contributed by atoms with van der Waals surface area (Å²) >= 11 is 6.07. The number of hydrogen-bond acceptors (Lipinski definition) is 5. The Kier molecular flexibility index (Phi) is 7.48. The Morgan fingerprint density at radius 2 is 1.93 bits per heavy atom. The number of hydrogen-bond donors (Lipinski definition) is 1. The molecule has 29 heavy (non-hydrogen) atoms. The van der Waals surface area contributed by atoms with Crippen LogP contribution in [-0.4, -0.2) is 33.7 Å². The molecule has 2 rings (SSSR count). The number of rotatable bonds is 8. The van der Waals surface area contributed by atoms with Gasteiger partial charge < -0.3 is 10.1 Å². The number of anilines is 2. The average Bonchev–Trinajstić information content (AvgIpc) is 2.66. The third-order valence-electron chi connectivity index (χ3n) is 4.21. The molecule has 0 aliphatic carbocycles. The molecule has 0 unspecified atom stereocenters. The van der Waals surface area contributed by atoms with Gasteiger partial charge in [0, 0.05) is 10.7 Å². The van der Waals surface area contributed by atoms with Crippen molar-refractivity contribution in [2.24, 2.45) is 0 Å². The van der Waals surface area contributed by atoms with Crippen LogP contribution in [0.5, 0.6) is 5.75 Å². The van der Waals surface area contributed by atoms with Crippen molar-refractivity contribution in [2.45, 2.75) is 25.8 Å². The smallest absolute Gasteiger partial charge is 0.248 e. The van der Waals surface area contributed by atoms with Crippen molar-refractivity contribution in [3.8, 4) is 11.8 Å². The Morgan fingerprint density at radius 3 is 2.45 bits per heavy atom. The van der Waals surface area contributed by atoms with Gasteiger partial charge in [-0.15, -0.1) is 0 Å². The van der Waals surface area contributed by atoms with Gasteiger partial charge in [-0.25, -0.2) is 8.42 Å². The number of carbonyl (C=O) groups excluding carboxylic acids is 1. The SMILES string of the molecule is CC[C@@H](C(=O)Nc1ccc(CC#N)cc1)N(c1cc(Cl)ccc1OC)S(C)(=O)=O. The first kappa shape index (κ1) is 22.5. The number of halogens is 1. The standard InChI is InChI=1S/C20H22ClN3O4S/c1-4-17(20(25)23-16-8-5-14(6-9-16)11-12-22)24(29(3,26)27)18-13-15(21)7-10-19(18)28-2/h5-10,13,17H,4,11H2,1-3H3,(H,23,25)/t17-/m0/s1. The first-order valence-electron chi connectivity index (χ1n) is 8.81. The molecule has 0 saturated heterocycles. The molecule has 0 fully saturated rings. The minimum Gasteiger partial charge on any atom is -0.495 e. The summed E-state index contributed by atoms with van der Waals surface area (Å²) in [6.45, 7) is 1.72. The Labute approximate surface area is 175 Å². The number of methoxy groups -OCH3 is 1. The zero-order valence-corrected chi connectivity index (χ0v) is 17.9. The largest absolute Gasteiger partial charge is 0.495 e. The monoisotopic (exact) mass is 435 g/mol. The molecule has 0 radical (unpaired) electrons. The molecule has 2 aromatic carbocycles. The van der Waals surface area contributed by atoms with Crippen molar-refractivity contribution in [2.75, 3.05) is 23.0 Å². The van der Waals surface area contributed by atoms with Gasteiger partial charge in [-0.1, -0.05) is 30.7 Å². The Bertz CT molecular complexity index is 1020. The fraction of sp³-hybridized carbons (Fsp3) is 0.300. The minimum atomic E-state index is -3.83. The highest BCUT2D eigenvalue weighted by atomic mass is 35.5. The second-order valence-corrected chi connectivity index (χ2v) is 8.62. The molecule has 0 saturated carbocycles. The van der Waals surface area contributed by atoms with Crippen LogP contribution in [0.1, 0.15) is 18.9 Å². The van der Waals surface area contributed by atoms with Gasteiger partial charge in [0.15, 0.2) is 0 Å². The molecule has 0 aliphatic rings. The molecule has 0 aromatic heterocycles. The highest BCUT2D eigenvalue weighted by Crippen LogP contribution is 2.35. The van der Waals surface area contributed by atoms with Crippen molar-refractivity contribution in [3.63, 3.8) is 0 Å². The van der Waals surface area contributed by atoms with Crippen LogP contribution in [0.4, 0.5) is 11.4 Å². The highest BCUT2D eigenvalue weighted by Gasteiger charge is 2.33. The van der Waals surface area contributed by atoms with E-state index in [0.717, 1.165) is 16.1 Å². The van der Waals surface area contributed by atoms with Gasteiger partial charge in [0.05, 0.1) is 31.5 Å². The van der Waals surface area contributed by atoms with Crippen LogP contribution in [0.3, 0.4) is 0 Å². The molecule has 0 aliphatic heterocycles. The third kappa shape index (κ3) is 5.62. The van der Waals surface area contributed by atoms with Crippen LogP contribution in [0.15, 0.2) is 42.5 Å². The lowest BCUT2D eigenvalue weighted by molar-refractivity contribution is -0.117. The second kappa shape index (κ2) is 9.63. The van der Waals surface area contributed by atoms with Gasteiger partial charge in [-0.05, 0) is 42.3 Å². The van der Waals surface area contributed by atoms with E-state index in [9.17, 15) is 13.2 Å². The number of carbonyl (C=O) groups is 1. The van der Waals surface area contributed by atoms with Crippen LogP contribution in [0.25, 0.3) is 0 Å². The maximum Gasteiger partial charge on any atom is 0.248 e. The van der Waals surface area contributed by atoms with Crippen molar-refractivity contribution >= 4 is 38.9 Å². The molecule has 2 aromatic rings. The zero-order chi connectivity index (χ0) is 21.6. The van der Waals surface area contributed by atoms with Gasteiger partial charge in [-0.2, -0.15) is 5.26 Å². The van der Waals surface area contributed by atoms with E-state index in [1.54, 1.807) is 43.3 Å². The molecular weight excluding hydrogens is 414 g/mol. The van der Waals surface area contributed by atoms with Gasteiger partial charge >= 0.3 is 0 Å². The summed E-state index contributed by atoms with van der Waals surface area (Å²) < 4.78 is 31.5. The summed E-state index contributed by atoms with van der Waals surface area (Å²) in [5, 5.41) is 11.8. The molecule has 154 valence electrons. The molecule has 0 heterocycles. The Balaban J connectivity index is 2.40. The molecule has 0 spiro atoms. The predicted octanol–water partition coefficient (Wildman–Crippen LogP) is 3.60. The average molecular weight is 436 g/mol. The number of nitrogens with zero attached hydrogens (tertiary/aromatic N) is 2. The number of sulfonamides is 1. The number of nitriles is 1. The quantitative estimate of drug-likeness (QED) is 0.682. The van der Waals surface area contributed by atoms with Crippen LogP contribution >= 0.6 is 11.6 Å². The minimum absolute atomic E-state index is 0.189. The first-order chi connectivity index (χ1) is 13.7. The van der Waals surface area contributed by atoms with E-state index >= 15 is 0 Å². The second-order valence-electron chi connectivity index (χ2n) is 6.32. The molecule has 1 atom stereocenters. The molecular formula is C20H22ClN3O4S. The summed E-state index contributed by atoms with van der Waals surface area (Å²) in [4.78, 5) is 13.0. The molecule has 7 nitrogen and oxygen atoms in total. The fourth-order valence-electron chi connectivity index (χ4n) is 2.89. The fourth-order valence-corrected chi connectivity index (χ4v) is 4.27. The van der Waals surface area contributed by atoms with Gasteiger partial charge in [0.25, 0.3) is 0 Å². The van der Waals surface area contributed by atoms with Crippen molar-refractivity contribution in [3.05, 3.63) is 53.1 Å². The van der Waals surface area contributed by atoms with Crippen molar-refractivity contribution < 1.29 is 17.9 Å². The molecule has 0 bridgehead atoms. The van der Waals surface area contributed by atoms with Crippen LogP contribution in [0.2, 0.25) is 5.02 Å². The third-order valence-corrected chi connectivity index (χ3v) is 5.61. The van der Waals surface area contributed by atoms with Crippen LogP contribution in [0, 0.1) is 11.3 Å². The first-order valence-corrected chi connectivity index (χ1v) is 11.0. The summed E-state index contributed by atoms with van der Waals surface area (Å²) in [5.74, 6) is -0.208. The van der Waals surface area contributed by atoms with E-state index in [0.29, 0.717) is 10.7 Å². The van der Waals surface area contributed by atoms with Gasteiger partial charge in [-0.3, -0.25) is 9.10 Å². The Morgan fingerprint density at radius 1 is 1.28 bits per heavy atom. The van der Waals surface area contributed by atoms with Crippen LogP contribution < -0.4 is 14.4 Å². The Hall–Kier alpha value is -2.76. The van der Waals surface area contributed by atoms with E-state index in [1.807, 2.05) is 0 Å². The number of benzene rings is 2. The lowest BCUT2D eigenvalue weighted by Crippen LogP contribution is -2.47. The van der Waals surface area contributed by atoms with Crippen molar-refractivity contribution in [1.29, 1.82) is 5.26 Å². The summed E-state index contributed by atoms with van der Waals surface area (Å²) in [6.07, 6.45) is 1.52. The molecule has 1 N–H and O–H groups in total. The lowest BCUT2D eigenvalue weighted by Gasteiger charge is -2.31. The highest BCUT2D eigenvalue weighted by molar-refractivity contribution is 7.92.